The molecule has 4 N–H and O–H groups in total. The Kier molecular flexibility index (Phi) is 18.0. The van der Waals surface area contributed by atoms with E-state index >= 15 is 0 Å². The fourth-order valence-corrected chi connectivity index (χ4v) is 4.54. The van der Waals surface area contributed by atoms with Crippen LogP contribution in [0.3, 0.4) is 0 Å². The minimum atomic E-state index is -0.991. The van der Waals surface area contributed by atoms with Gasteiger partial charge in [-0.3, -0.25) is 9.59 Å². The largest absolute Gasteiger partial charge is 0.489 e. The van der Waals surface area contributed by atoms with Crippen LogP contribution in [-0.4, -0.2) is 53.1 Å². The highest BCUT2D eigenvalue weighted by molar-refractivity contribution is 6.93. The van der Waals surface area contributed by atoms with Gasteiger partial charge in [0, 0.05) is 19.6 Å². The number of alkyl carbamates (subject to hydrolysis) is 1. The Bertz CT molecular complexity index is 1630. The smallest absolute Gasteiger partial charge is 0.415 e. The molecule has 4 aromatic carbocycles. The predicted molar refractivity (Wildman–Crippen MR) is 193 cm³/mol. The van der Waals surface area contributed by atoms with Gasteiger partial charge in [-0.1, -0.05) is 84.9 Å². The number of halogens is 2. The Balaban J connectivity index is 0.000000222. The second kappa shape index (κ2) is 22.7. The van der Waals surface area contributed by atoms with Gasteiger partial charge < -0.3 is 35.1 Å². The van der Waals surface area contributed by atoms with Crippen LogP contribution in [0.4, 0.5) is 9.59 Å². The Morgan fingerprint density at radius 1 is 0.745 bits per heavy atom. The average molecular weight is 740 g/mol. The molecule has 2 atom stereocenters. The second-order valence-corrected chi connectivity index (χ2v) is 12.0. The van der Waals surface area contributed by atoms with Crippen molar-refractivity contribution in [2.45, 2.75) is 51.0 Å². The van der Waals surface area contributed by atoms with E-state index in [4.69, 9.17) is 29.8 Å². The molecule has 0 saturated carbocycles. The molecule has 2 heterocycles. The lowest BCUT2D eigenvalue weighted by molar-refractivity contribution is -0.138. The third-order valence-electron chi connectivity index (χ3n) is 7.15. The van der Waals surface area contributed by atoms with Crippen LogP contribution in [0.15, 0.2) is 109 Å². The zero-order valence-electron chi connectivity index (χ0n) is 27.8. The molecule has 0 spiro atoms. The monoisotopic (exact) mass is 738 g/mol. The number of esters is 1. The first-order chi connectivity index (χ1) is 24.6. The highest BCUT2D eigenvalue weighted by atomic mass is 35.5. The van der Waals surface area contributed by atoms with Crippen molar-refractivity contribution in [3.05, 3.63) is 131 Å². The van der Waals surface area contributed by atoms with Crippen molar-refractivity contribution in [2.24, 2.45) is 5.73 Å². The summed E-state index contributed by atoms with van der Waals surface area (Å²) in [6, 6.07) is 33.1. The molecule has 0 aromatic heterocycles. The van der Waals surface area contributed by atoms with Crippen molar-refractivity contribution in [3.63, 3.8) is 0 Å². The second-order valence-electron chi connectivity index (χ2n) is 11.1. The van der Waals surface area contributed by atoms with E-state index in [-0.39, 0.29) is 0 Å². The van der Waals surface area contributed by atoms with Gasteiger partial charge in [0.25, 0.3) is 0 Å². The van der Waals surface area contributed by atoms with E-state index in [1.807, 2.05) is 109 Å². The molecular formula is C38H40Cl2N2O9. The lowest BCUT2D eigenvalue weighted by Gasteiger charge is -2.09. The number of carbonyl (C=O) groups is 4. The minimum absolute atomic E-state index is 0.314. The minimum Gasteiger partial charge on any atom is -0.489 e. The van der Waals surface area contributed by atoms with Crippen LogP contribution in [0, 0.1) is 0 Å². The molecule has 2 fully saturated rings. The Hall–Kier alpha value is -4.94. The van der Waals surface area contributed by atoms with Crippen molar-refractivity contribution in [2.75, 3.05) is 13.2 Å². The predicted octanol–water partition coefficient (Wildman–Crippen LogP) is 7.04. The van der Waals surface area contributed by atoms with Crippen molar-refractivity contribution < 1.29 is 43.2 Å². The maximum absolute atomic E-state index is 11.4. The molecule has 0 radical (unpaired) electrons. The van der Waals surface area contributed by atoms with Crippen LogP contribution in [0.25, 0.3) is 0 Å². The Labute approximate surface area is 306 Å². The summed E-state index contributed by atoms with van der Waals surface area (Å²) >= 11 is 8.80. The summed E-state index contributed by atoms with van der Waals surface area (Å²) in [7, 11) is 0. The normalized spacial score (nSPS) is 14.8. The number of carboxylic acids is 1. The molecule has 2 aliphatic rings. The summed E-state index contributed by atoms with van der Waals surface area (Å²) in [5.74, 6) is -0.0176. The molecule has 4 aromatic rings. The van der Waals surface area contributed by atoms with Gasteiger partial charge in [0.05, 0.1) is 0 Å². The molecule has 0 aliphatic carbocycles. The van der Waals surface area contributed by atoms with Crippen molar-refractivity contribution in [1.82, 2.24) is 5.32 Å². The lowest BCUT2D eigenvalue weighted by Crippen LogP contribution is -2.32. The molecule has 1 unspecified atom stereocenters. The van der Waals surface area contributed by atoms with E-state index in [0.29, 0.717) is 26.1 Å². The average Bonchev–Trinajstić information content (AvgIpc) is 3.82. The fourth-order valence-electron chi connectivity index (χ4n) is 4.54. The van der Waals surface area contributed by atoms with E-state index in [1.165, 1.54) is 12.8 Å². The summed E-state index contributed by atoms with van der Waals surface area (Å²) < 4.78 is 19.8. The van der Waals surface area contributed by atoms with E-state index in [0.717, 1.165) is 47.0 Å². The first kappa shape index (κ1) is 40.5. The molecule has 2 aliphatic heterocycles. The van der Waals surface area contributed by atoms with Crippen LogP contribution in [0.5, 0.6) is 11.5 Å². The number of hydrogen-bond acceptors (Lipinski definition) is 9. The zero-order chi connectivity index (χ0) is 36.8. The van der Waals surface area contributed by atoms with Gasteiger partial charge in [0.15, 0.2) is 0 Å². The lowest BCUT2D eigenvalue weighted by atomic mass is 10.1. The van der Waals surface area contributed by atoms with Gasteiger partial charge in [0.2, 0.25) is 0 Å². The molecule has 6 rings (SSSR count). The van der Waals surface area contributed by atoms with Crippen molar-refractivity contribution >= 4 is 45.9 Å². The third-order valence-corrected chi connectivity index (χ3v) is 7.15. The van der Waals surface area contributed by atoms with E-state index < -0.39 is 34.8 Å². The van der Waals surface area contributed by atoms with E-state index in [1.54, 1.807) is 0 Å². The maximum atomic E-state index is 11.4. The summed E-state index contributed by atoms with van der Waals surface area (Å²) in [6.45, 7) is 3.01. The molecule has 11 nitrogen and oxygen atoms in total. The number of hydrogen-bond donors (Lipinski definition) is 3. The van der Waals surface area contributed by atoms with Crippen LogP contribution < -0.4 is 20.5 Å². The van der Waals surface area contributed by atoms with Gasteiger partial charge >= 0.3 is 22.7 Å². The number of ether oxygens (including phenoxy) is 4. The number of carboxylic acid groups (broad SMARTS) is 1. The zero-order valence-corrected chi connectivity index (χ0v) is 29.3. The molecule has 270 valence electrons. The first-order valence-electron chi connectivity index (χ1n) is 16.0. The number of aliphatic carboxylic acids is 1. The highest BCUT2D eigenvalue weighted by Crippen LogP contribution is 2.17. The van der Waals surface area contributed by atoms with Gasteiger partial charge in [-0.25, -0.2) is 9.59 Å². The number of benzene rings is 4. The third kappa shape index (κ3) is 17.0. The molecule has 13 heteroatoms. The van der Waals surface area contributed by atoms with E-state index in [2.05, 4.69) is 33.3 Å². The standard InChI is InChI=1S/C17H15NO4.C16H17NO3.C4H8O.CCl2O/c19-16-15(18-17(20)22-16)10-12-6-8-14(9-7-12)21-11-13-4-2-1-3-5-13;17-15(16(18)19)10-12-6-8-14(9-7-12)20-11-13-4-2-1-3-5-13;1-2-4-5-3-1;2-1(3)4/h1-9,15H,10-11H2,(H,18,20);1-9,15H,10-11,17H2,(H,18,19);1-4H2;/t;15-;;/m.0../s1. The highest BCUT2D eigenvalue weighted by Gasteiger charge is 2.32. The molecule has 0 bridgehead atoms. The number of nitrogens with one attached hydrogen (secondary N) is 1. The Morgan fingerprint density at radius 3 is 1.57 bits per heavy atom. The maximum Gasteiger partial charge on any atom is 0.415 e. The SMILES string of the molecule is C1CCOC1.N[C@@H](Cc1ccc(OCc2ccccc2)cc1)C(=O)O.O=C(Cl)Cl.O=C1NC(Cc2ccc(OCc3ccccc3)cc2)C(=O)O1. The van der Waals surface area contributed by atoms with Crippen molar-refractivity contribution in [1.29, 1.82) is 0 Å². The van der Waals surface area contributed by atoms with Crippen LogP contribution >= 0.6 is 23.2 Å². The van der Waals surface area contributed by atoms with Gasteiger partial charge in [0.1, 0.15) is 36.8 Å². The molecule has 51 heavy (non-hydrogen) atoms. The quantitative estimate of drug-likeness (QED) is 0.0826. The Morgan fingerprint density at radius 2 is 1.20 bits per heavy atom. The molecule has 2 saturated heterocycles. The number of carbonyl (C=O) groups excluding carboxylic acids is 3. The summed E-state index contributed by atoms with van der Waals surface area (Å²) in [6.07, 6.45) is 2.59. The van der Waals surface area contributed by atoms with Gasteiger partial charge in [-0.05, 0) is 89.0 Å². The summed E-state index contributed by atoms with van der Waals surface area (Å²) in [5, 5.41) is 11.2. The van der Waals surface area contributed by atoms with E-state index in [9.17, 15) is 14.4 Å². The van der Waals surface area contributed by atoms with Crippen LogP contribution in [0.1, 0.15) is 35.1 Å². The molecule has 1 amide bonds. The summed E-state index contributed by atoms with van der Waals surface area (Å²) in [5.41, 5.74) is 9.50. The summed E-state index contributed by atoms with van der Waals surface area (Å²) in [4.78, 5) is 42.0. The van der Waals surface area contributed by atoms with Crippen LogP contribution in [-0.2, 0) is 45.1 Å². The van der Waals surface area contributed by atoms with Gasteiger partial charge in [-0.15, -0.1) is 0 Å². The van der Waals surface area contributed by atoms with Gasteiger partial charge in [-0.2, -0.15) is 0 Å². The molecular weight excluding hydrogens is 699 g/mol. The number of cyclic esters (lactones) is 2. The number of amides is 1. The number of rotatable bonds is 11. The topological polar surface area (TPSA) is 163 Å². The number of nitrogens with two attached hydrogens (primary N) is 1. The van der Waals surface area contributed by atoms with Crippen LogP contribution in [0.2, 0.25) is 0 Å². The fraction of sp³-hybridized carbons (Fsp3) is 0.263. The van der Waals surface area contributed by atoms with Crippen molar-refractivity contribution in [3.8, 4) is 11.5 Å². The first-order valence-corrected chi connectivity index (χ1v) is 16.8.